The molecule has 1 heterocycles. The summed E-state index contributed by atoms with van der Waals surface area (Å²) in [5.41, 5.74) is 5.24. The Bertz CT molecular complexity index is 257. The number of hydrogen-bond donors (Lipinski definition) is 1. The molecule has 1 rings (SSSR count). The summed E-state index contributed by atoms with van der Waals surface area (Å²) >= 11 is 1.42. The molecular formula is C7H10N2OS. The largest absolute Gasteiger partial charge is 0.330 e. The number of carbonyl (C=O) groups is 1. The van der Waals surface area contributed by atoms with Crippen LogP contribution in [0.25, 0.3) is 0 Å². The third-order valence-electron chi connectivity index (χ3n) is 1.27. The molecule has 11 heavy (non-hydrogen) atoms. The molecule has 0 fully saturated rings. The van der Waals surface area contributed by atoms with Gasteiger partial charge in [0, 0.05) is 12.6 Å². The summed E-state index contributed by atoms with van der Waals surface area (Å²) in [6, 6.07) is 0. The van der Waals surface area contributed by atoms with E-state index in [1.165, 1.54) is 11.3 Å². The van der Waals surface area contributed by atoms with Crippen molar-refractivity contribution < 1.29 is 4.79 Å². The lowest BCUT2D eigenvalue weighted by atomic mass is 10.2. The Balaban J connectivity index is 2.69. The molecule has 0 aliphatic heterocycles. The first-order valence-electron chi connectivity index (χ1n) is 3.39. The van der Waals surface area contributed by atoms with Crippen LogP contribution in [0, 0.1) is 6.92 Å². The van der Waals surface area contributed by atoms with E-state index in [9.17, 15) is 4.79 Å². The topological polar surface area (TPSA) is 56.0 Å². The number of thiazole rings is 1. The SMILES string of the molecule is Cc1ncc(C(=O)CCN)s1. The molecule has 0 saturated carbocycles. The Labute approximate surface area is 69.3 Å². The van der Waals surface area contributed by atoms with Crippen LogP contribution in [0.15, 0.2) is 6.20 Å². The van der Waals surface area contributed by atoms with Crippen molar-refractivity contribution >= 4 is 17.1 Å². The van der Waals surface area contributed by atoms with Crippen molar-refractivity contribution in [2.45, 2.75) is 13.3 Å². The molecule has 1 aromatic heterocycles. The number of nitrogens with zero attached hydrogens (tertiary/aromatic N) is 1. The first-order chi connectivity index (χ1) is 5.24. The number of nitrogens with two attached hydrogens (primary N) is 1. The fourth-order valence-electron chi connectivity index (χ4n) is 0.745. The number of aromatic nitrogens is 1. The summed E-state index contributed by atoms with van der Waals surface area (Å²) in [6.07, 6.45) is 2.03. The van der Waals surface area contributed by atoms with E-state index in [0.717, 1.165) is 5.01 Å². The highest BCUT2D eigenvalue weighted by atomic mass is 32.1. The molecule has 0 spiro atoms. The van der Waals surface area contributed by atoms with Gasteiger partial charge in [-0.3, -0.25) is 4.79 Å². The highest BCUT2D eigenvalue weighted by molar-refractivity contribution is 7.13. The first-order valence-corrected chi connectivity index (χ1v) is 4.21. The van der Waals surface area contributed by atoms with Crippen LogP contribution >= 0.6 is 11.3 Å². The third-order valence-corrected chi connectivity index (χ3v) is 2.22. The second-order valence-corrected chi connectivity index (χ2v) is 3.44. The molecule has 0 unspecified atom stereocenters. The van der Waals surface area contributed by atoms with Crippen LogP contribution in [0.3, 0.4) is 0 Å². The van der Waals surface area contributed by atoms with Gasteiger partial charge in [-0.25, -0.2) is 4.98 Å². The smallest absolute Gasteiger partial charge is 0.175 e. The summed E-state index contributed by atoms with van der Waals surface area (Å²) in [5, 5.41) is 0.922. The van der Waals surface area contributed by atoms with Gasteiger partial charge in [0.2, 0.25) is 0 Å². The first kappa shape index (κ1) is 8.36. The van der Waals surface area contributed by atoms with E-state index in [0.29, 0.717) is 17.8 Å². The molecule has 0 aromatic carbocycles. The molecule has 0 aliphatic carbocycles. The molecule has 0 atom stereocenters. The number of ketones is 1. The Hall–Kier alpha value is -0.740. The number of rotatable bonds is 3. The maximum atomic E-state index is 11.1. The van der Waals surface area contributed by atoms with E-state index >= 15 is 0 Å². The molecule has 60 valence electrons. The lowest BCUT2D eigenvalue weighted by Crippen LogP contribution is -2.06. The molecule has 1 aromatic rings. The Morgan fingerprint density at radius 3 is 3.00 bits per heavy atom. The van der Waals surface area contributed by atoms with Crippen molar-refractivity contribution in [3.8, 4) is 0 Å². The number of aryl methyl sites for hydroxylation is 1. The molecule has 0 amide bonds. The summed E-state index contributed by atoms with van der Waals surface area (Å²) in [7, 11) is 0. The molecule has 0 bridgehead atoms. The van der Waals surface area contributed by atoms with Crippen molar-refractivity contribution in [2.75, 3.05) is 6.54 Å². The zero-order valence-electron chi connectivity index (χ0n) is 6.33. The number of carbonyl (C=O) groups excluding carboxylic acids is 1. The Morgan fingerprint density at radius 2 is 2.55 bits per heavy atom. The zero-order valence-corrected chi connectivity index (χ0v) is 7.15. The van der Waals surface area contributed by atoms with E-state index in [1.54, 1.807) is 6.20 Å². The van der Waals surface area contributed by atoms with Gasteiger partial charge in [-0.05, 0) is 13.5 Å². The standard InChI is InChI=1S/C7H10N2OS/c1-5-9-4-7(11-5)6(10)2-3-8/h4H,2-3,8H2,1H3. The number of hydrogen-bond acceptors (Lipinski definition) is 4. The van der Waals surface area contributed by atoms with Gasteiger partial charge in [-0.2, -0.15) is 0 Å². The summed E-state index contributed by atoms with van der Waals surface area (Å²) in [6.45, 7) is 2.29. The minimum atomic E-state index is 0.0955. The lowest BCUT2D eigenvalue weighted by Gasteiger charge is -1.90. The second kappa shape index (κ2) is 3.59. The summed E-state index contributed by atoms with van der Waals surface area (Å²) in [4.78, 5) is 15.8. The maximum absolute atomic E-state index is 11.1. The molecular weight excluding hydrogens is 160 g/mol. The number of Topliss-reactive ketones (excluding diaryl/α,β-unsaturated/α-hetero) is 1. The van der Waals surface area contributed by atoms with Crippen LogP contribution in [0.2, 0.25) is 0 Å². The molecule has 0 saturated heterocycles. The van der Waals surface area contributed by atoms with Crippen molar-refractivity contribution in [3.63, 3.8) is 0 Å². The van der Waals surface area contributed by atoms with Crippen LogP contribution in [0.1, 0.15) is 21.1 Å². The maximum Gasteiger partial charge on any atom is 0.175 e. The predicted molar refractivity (Wildman–Crippen MR) is 44.9 cm³/mol. The predicted octanol–water partition coefficient (Wildman–Crippen LogP) is 0.983. The van der Waals surface area contributed by atoms with Gasteiger partial charge in [0.1, 0.15) is 0 Å². The third kappa shape index (κ3) is 2.10. The van der Waals surface area contributed by atoms with Gasteiger partial charge < -0.3 is 5.73 Å². The molecule has 0 aliphatic rings. The zero-order chi connectivity index (χ0) is 8.27. The average Bonchev–Trinajstić information content (AvgIpc) is 2.36. The Kier molecular flexibility index (Phi) is 2.73. The van der Waals surface area contributed by atoms with Gasteiger partial charge in [-0.1, -0.05) is 0 Å². The van der Waals surface area contributed by atoms with Gasteiger partial charge in [-0.15, -0.1) is 11.3 Å². The van der Waals surface area contributed by atoms with Crippen molar-refractivity contribution in [1.82, 2.24) is 4.98 Å². The molecule has 0 radical (unpaired) electrons. The fourth-order valence-corrected chi connectivity index (χ4v) is 1.49. The summed E-state index contributed by atoms with van der Waals surface area (Å²) < 4.78 is 0. The summed E-state index contributed by atoms with van der Waals surface area (Å²) in [5.74, 6) is 0.0955. The fraction of sp³-hybridized carbons (Fsp3) is 0.429. The van der Waals surface area contributed by atoms with Crippen LogP contribution in [-0.2, 0) is 0 Å². The quantitative estimate of drug-likeness (QED) is 0.688. The monoisotopic (exact) mass is 170 g/mol. The van der Waals surface area contributed by atoms with Crippen LogP contribution in [0.5, 0.6) is 0 Å². The minimum Gasteiger partial charge on any atom is -0.330 e. The van der Waals surface area contributed by atoms with Crippen molar-refractivity contribution in [1.29, 1.82) is 0 Å². The van der Waals surface area contributed by atoms with E-state index in [2.05, 4.69) is 4.98 Å². The van der Waals surface area contributed by atoms with Gasteiger partial charge >= 0.3 is 0 Å². The molecule has 2 N–H and O–H groups in total. The lowest BCUT2D eigenvalue weighted by molar-refractivity contribution is 0.0989. The normalized spacial score (nSPS) is 10.0. The van der Waals surface area contributed by atoms with E-state index in [4.69, 9.17) is 5.73 Å². The highest BCUT2D eigenvalue weighted by Crippen LogP contribution is 2.12. The van der Waals surface area contributed by atoms with Gasteiger partial charge in [0.15, 0.2) is 5.78 Å². The van der Waals surface area contributed by atoms with Gasteiger partial charge in [0.25, 0.3) is 0 Å². The van der Waals surface area contributed by atoms with Crippen LogP contribution in [-0.4, -0.2) is 17.3 Å². The van der Waals surface area contributed by atoms with Crippen molar-refractivity contribution in [3.05, 3.63) is 16.1 Å². The second-order valence-electron chi connectivity index (χ2n) is 2.21. The van der Waals surface area contributed by atoms with E-state index in [-0.39, 0.29) is 5.78 Å². The molecule has 3 nitrogen and oxygen atoms in total. The molecule has 4 heteroatoms. The van der Waals surface area contributed by atoms with E-state index in [1.807, 2.05) is 6.92 Å². The van der Waals surface area contributed by atoms with E-state index < -0.39 is 0 Å². The highest BCUT2D eigenvalue weighted by Gasteiger charge is 2.06. The minimum absolute atomic E-state index is 0.0955. The Morgan fingerprint density at radius 1 is 1.82 bits per heavy atom. The van der Waals surface area contributed by atoms with Crippen LogP contribution < -0.4 is 5.73 Å². The van der Waals surface area contributed by atoms with Gasteiger partial charge in [0.05, 0.1) is 9.88 Å². The average molecular weight is 170 g/mol. The van der Waals surface area contributed by atoms with Crippen molar-refractivity contribution in [2.24, 2.45) is 5.73 Å². The van der Waals surface area contributed by atoms with Crippen LogP contribution in [0.4, 0.5) is 0 Å².